The number of nitrogens with one attached hydrogen (secondary N) is 2. The van der Waals surface area contributed by atoms with Crippen molar-refractivity contribution in [2.75, 3.05) is 6.54 Å². The molecule has 0 radical (unpaired) electrons. The third-order valence-corrected chi connectivity index (χ3v) is 3.32. The average molecular weight is 268 g/mol. The Balaban J connectivity index is 2.07. The highest BCUT2D eigenvalue weighted by atomic mass is 16.4. The molecule has 0 saturated carbocycles. The first kappa shape index (κ1) is 12.7. The van der Waals surface area contributed by atoms with Crippen molar-refractivity contribution in [2.45, 2.75) is 13.0 Å². The molecule has 4 heteroatoms. The first-order chi connectivity index (χ1) is 9.78. The van der Waals surface area contributed by atoms with Crippen molar-refractivity contribution in [3.05, 3.63) is 70.2 Å². The molecule has 1 heterocycles. The van der Waals surface area contributed by atoms with Gasteiger partial charge < -0.3 is 9.73 Å². The minimum atomic E-state index is -0.420. The molecule has 0 aliphatic carbocycles. The van der Waals surface area contributed by atoms with Gasteiger partial charge in [0.05, 0.1) is 11.6 Å². The highest BCUT2D eigenvalue weighted by molar-refractivity contribution is 5.73. The predicted molar refractivity (Wildman–Crippen MR) is 78.8 cm³/mol. The summed E-state index contributed by atoms with van der Waals surface area (Å²) in [6.07, 6.45) is 0. The van der Waals surface area contributed by atoms with Gasteiger partial charge in [-0.3, -0.25) is 4.98 Å². The lowest BCUT2D eigenvalue weighted by molar-refractivity contribution is 0.553. The average Bonchev–Trinajstić information content (AvgIpc) is 2.84. The van der Waals surface area contributed by atoms with E-state index in [4.69, 9.17) is 4.42 Å². The topological polar surface area (TPSA) is 58.0 Å². The van der Waals surface area contributed by atoms with Gasteiger partial charge in [-0.2, -0.15) is 0 Å². The molecule has 1 aromatic heterocycles. The second kappa shape index (κ2) is 5.35. The second-order valence-corrected chi connectivity index (χ2v) is 4.67. The molecule has 0 aliphatic rings. The molecule has 1 unspecified atom stereocenters. The van der Waals surface area contributed by atoms with E-state index in [1.54, 1.807) is 0 Å². The Morgan fingerprint density at radius 1 is 1.15 bits per heavy atom. The van der Waals surface area contributed by atoms with E-state index in [1.165, 1.54) is 5.56 Å². The van der Waals surface area contributed by atoms with Crippen LogP contribution in [0.15, 0.2) is 57.7 Å². The van der Waals surface area contributed by atoms with E-state index in [9.17, 15) is 4.79 Å². The normalized spacial score (nSPS) is 12.7. The zero-order chi connectivity index (χ0) is 13.9. The van der Waals surface area contributed by atoms with E-state index in [0.717, 1.165) is 17.6 Å². The first-order valence-corrected chi connectivity index (χ1v) is 6.69. The molecule has 0 amide bonds. The van der Waals surface area contributed by atoms with Crippen LogP contribution >= 0.6 is 0 Å². The number of aromatic amines is 1. The fraction of sp³-hybridized carbons (Fsp3) is 0.188. The molecule has 20 heavy (non-hydrogen) atoms. The molecule has 3 aromatic rings. The summed E-state index contributed by atoms with van der Waals surface area (Å²) in [6.45, 7) is 2.93. The van der Waals surface area contributed by atoms with Crippen LogP contribution in [-0.2, 0) is 0 Å². The minimum absolute atomic E-state index is 0.0887. The van der Waals surface area contributed by atoms with Crippen molar-refractivity contribution in [1.82, 2.24) is 10.3 Å². The smallest absolute Gasteiger partial charge is 0.408 e. The van der Waals surface area contributed by atoms with E-state index in [0.29, 0.717) is 5.58 Å². The lowest BCUT2D eigenvalue weighted by atomic mass is 9.98. The van der Waals surface area contributed by atoms with Gasteiger partial charge in [0, 0.05) is 0 Å². The van der Waals surface area contributed by atoms with Gasteiger partial charge in [-0.05, 0) is 29.8 Å². The summed E-state index contributed by atoms with van der Waals surface area (Å²) >= 11 is 0. The van der Waals surface area contributed by atoms with Crippen molar-refractivity contribution in [3.63, 3.8) is 0 Å². The van der Waals surface area contributed by atoms with E-state index in [2.05, 4.69) is 29.4 Å². The Kier molecular flexibility index (Phi) is 3.39. The summed E-state index contributed by atoms with van der Waals surface area (Å²) < 4.78 is 5.13. The molecule has 0 aliphatic heterocycles. The minimum Gasteiger partial charge on any atom is -0.408 e. The Hall–Kier alpha value is -2.33. The highest BCUT2D eigenvalue weighted by Gasteiger charge is 2.14. The van der Waals surface area contributed by atoms with Crippen molar-refractivity contribution in [2.24, 2.45) is 0 Å². The number of rotatable bonds is 4. The fourth-order valence-corrected chi connectivity index (χ4v) is 2.42. The number of oxazole rings is 1. The standard InChI is InChI=1S/C16H16N2O2/c1-2-17-15(11-6-4-3-5-7-11)12-8-9-13-14(10-12)20-16(19)18-13/h3-10,15,17H,2H2,1H3,(H,18,19). The summed E-state index contributed by atoms with van der Waals surface area (Å²) in [7, 11) is 0. The van der Waals surface area contributed by atoms with Gasteiger partial charge in [0.15, 0.2) is 5.58 Å². The van der Waals surface area contributed by atoms with Crippen LogP contribution in [0, 0.1) is 0 Å². The van der Waals surface area contributed by atoms with Crippen molar-refractivity contribution in [3.8, 4) is 0 Å². The van der Waals surface area contributed by atoms with Gasteiger partial charge in [0.25, 0.3) is 0 Å². The zero-order valence-electron chi connectivity index (χ0n) is 11.2. The molecule has 1 atom stereocenters. The number of aromatic nitrogens is 1. The molecule has 3 rings (SSSR count). The van der Waals surface area contributed by atoms with Crippen molar-refractivity contribution in [1.29, 1.82) is 0 Å². The SMILES string of the molecule is CCNC(c1ccccc1)c1ccc2[nH]c(=O)oc2c1. The maximum atomic E-state index is 11.2. The van der Waals surface area contributed by atoms with E-state index >= 15 is 0 Å². The molecular weight excluding hydrogens is 252 g/mol. The van der Waals surface area contributed by atoms with Gasteiger partial charge in [0.2, 0.25) is 0 Å². The van der Waals surface area contributed by atoms with Crippen LogP contribution < -0.4 is 11.1 Å². The second-order valence-electron chi connectivity index (χ2n) is 4.67. The monoisotopic (exact) mass is 268 g/mol. The first-order valence-electron chi connectivity index (χ1n) is 6.69. The third-order valence-electron chi connectivity index (χ3n) is 3.32. The van der Waals surface area contributed by atoms with Gasteiger partial charge in [0.1, 0.15) is 0 Å². The van der Waals surface area contributed by atoms with Crippen LogP contribution in [0.1, 0.15) is 24.1 Å². The Labute approximate surface area is 116 Å². The number of benzene rings is 2. The Morgan fingerprint density at radius 2 is 1.95 bits per heavy atom. The lowest BCUT2D eigenvalue weighted by Gasteiger charge is -2.18. The number of hydrogen-bond acceptors (Lipinski definition) is 3. The molecule has 0 bridgehead atoms. The van der Waals surface area contributed by atoms with Crippen molar-refractivity contribution >= 4 is 11.1 Å². The predicted octanol–water partition coefficient (Wildman–Crippen LogP) is 2.82. The number of fused-ring (bicyclic) bond motifs is 1. The molecule has 0 spiro atoms. The van der Waals surface area contributed by atoms with Crippen molar-refractivity contribution < 1.29 is 4.42 Å². The fourth-order valence-electron chi connectivity index (χ4n) is 2.42. The van der Waals surface area contributed by atoms with Gasteiger partial charge >= 0.3 is 5.76 Å². The summed E-state index contributed by atoms with van der Waals surface area (Å²) in [4.78, 5) is 13.9. The number of hydrogen-bond donors (Lipinski definition) is 2. The summed E-state index contributed by atoms with van der Waals surface area (Å²) in [5.41, 5.74) is 3.58. The van der Waals surface area contributed by atoms with E-state index < -0.39 is 5.76 Å². The molecule has 102 valence electrons. The Bertz CT molecular complexity index is 759. The molecule has 2 aromatic carbocycles. The zero-order valence-corrected chi connectivity index (χ0v) is 11.2. The van der Waals surface area contributed by atoms with Crippen LogP contribution in [0.3, 0.4) is 0 Å². The maximum absolute atomic E-state index is 11.2. The summed E-state index contributed by atoms with van der Waals surface area (Å²) in [6, 6.07) is 16.1. The number of H-pyrrole nitrogens is 1. The van der Waals surface area contributed by atoms with Crippen LogP contribution in [0.2, 0.25) is 0 Å². The van der Waals surface area contributed by atoms with Crippen LogP contribution in [0.25, 0.3) is 11.1 Å². The third kappa shape index (κ3) is 2.38. The maximum Gasteiger partial charge on any atom is 0.417 e. The van der Waals surface area contributed by atoms with Gasteiger partial charge in [-0.25, -0.2) is 4.79 Å². The lowest BCUT2D eigenvalue weighted by Crippen LogP contribution is -2.21. The highest BCUT2D eigenvalue weighted by Crippen LogP contribution is 2.24. The summed E-state index contributed by atoms with van der Waals surface area (Å²) in [5, 5.41) is 3.46. The van der Waals surface area contributed by atoms with Crippen LogP contribution in [0.4, 0.5) is 0 Å². The molecular formula is C16H16N2O2. The van der Waals surface area contributed by atoms with Crippen LogP contribution in [0.5, 0.6) is 0 Å². The largest absolute Gasteiger partial charge is 0.417 e. The molecule has 2 N–H and O–H groups in total. The molecule has 0 saturated heterocycles. The molecule has 4 nitrogen and oxygen atoms in total. The van der Waals surface area contributed by atoms with E-state index in [1.807, 2.05) is 36.4 Å². The van der Waals surface area contributed by atoms with Crippen LogP contribution in [-0.4, -0.2) is 11.5 Å². The molecule has 0 fully saturated rings. The summed E-state index contributed by atoms with van der Waals surface area (Å²) in [5.74, 6) is -0.420. The quantitative estimate of drug-likeness (QED) is 0.765. The van der Waals surface area contributed by atoms with Gasteiger partial charge in [-0.15, -0.1) is 0 Å². The Morgan fingerprint density at radius 3 is 2.70 bits per heavy atom. The van der Waals surface area contributed by atoms with E-state index in [-0.39, 0.29) is 6.04 Å². The van der Waals surface area contributed by atoms with Gasteiger partial charge in [-0.1, -0.05) is 43.3 Å².